The highest BCUT2D eigenvalue weighted by atomic mass is 15.2. The maximum Gasteiger partial charge on any atom is 0.191 e. The zero-order chi connectivity index (χ0) is 11.8. The third kappa shape index (κ3) is 4.40. The van der Waals surface area contributed by atoms with Gasteiger partial charge in [-0.3, -0.25) is 9.98 Å². The van der Waals surface area contributed by atoms with Gasteiger partial charge in [-0.2, -0.15) is 0 Å². The van der Waals surface area contributed by atoms with E-state index in [9.17, 15) is 0 Å². The second-order valence-corrected chi connectivity index (χ2v) is 3.98. The number of hydrogen-bond acceptors (Lipinski definition) is 5. The standard InChI is InChI=1S/C12H19N5/c1-3-11(9-13-4-1)10-14-5-2-6-15-12-16-7-8-17-12/h1,3-4,9,14H,2,5-8,10H2,(H2,15,16,17). The fourth-order valence-electron chi connectivity index (χ4n) is 1.67. The van der Waals surface area contributed by atoms with Crippen molar-refractivity contribution in [2.45, 2.75) is 13.0 Å². The molecular weight excluding hydrogens is 214 g/mol. The Morgan fingerprint density at radius 2 is 2.35 bits per heavy atom. The molecule has 0 aromatic carbocycles. The predicted octanol–water partition coefficient (Wildman–Crippen LogP) is 0.110. The third-order valence-corrected chi connectivity index (χ3v) is 2.55. The molecule has 0 bridgehead atoms. The van der Waals surface area contributed by atoms with Crippen LogP contribution in [0, 0.1) is 0 Å². The molecule has 5 nitrogen and oxygen atoms in total. The number of nitrogens with one attached hydrogen (secondary N) is 3. The smallest absolute Gasteiger partial charge is 0.191 e. The van der Waals surface area contributed by atoms with Crippen molar-refractivity contribution >= 4 is 5.96 Å². The van der Waals surface area contributed by atoms with Crippen LogP contribution in [0.5, 0.6) is 0 Å². The quantitative estimate of drug-likeness (QED) is 0.610. The van der Waals surface area contributed by atoms with Gasteiger partial charge in [0.25, 0.3) is 0 Å². The Hall–Kier alpha value is -1.62. The molecule has 2 rings (SSSR count). The average Bonchev–Trinajstić information content (AvgIpc) is 2.88. The van der Waals surface area contributed by atoms with Gasteiger partial charge in [-0.05, 0) is 24.6 Å². The molecule has 0 saturated carbocycles. The molecule has 0 radical (unpaired) electrons. The summed E-state index contributed by atoms with van der Waals surface area (Å²) in [7, 11) is 0. The summed E-state index contributed by atoms with van der Waals surface area (Å²) >= 11 is 0. The van der Waals surface area contributed by atoms with E-state index in [-0.39, 0.29) is 0 Å². The fraction of sp³-hybridized carbons (Fsp3) is 0.500. The second-order valence-electron chi connectivity index (χ2n) is 3.98. The highest BCUT2D eigenvalue weighted by Gasteiger charge is 2.02. The molecule has 2 heterocycles. The summed E-state index contributed by atoms with van der Waals surface area (Å²) in [6.07, 6.45) is 4.77. The Kier molecular flexibility index (Phi) is 4.78. The minimum atomic E-state index is 0.882. The third-order valence-electron chi connectivity index (χ3n) is 2.55. The maximum atomic E-state index is 4.27. The number of nitrogens with zero attached hydrogens (tertiary/aromatic N) is 2. The first-order valence-corrected chi connectivity index (χ1v) is 6.07. The van der Waals surface area contributed by atoms with E-state index in [1.54, 1.807) is 6.20 Å². The fourth-order valence-corrected chi connectivity index (χ4v) is 1.67. The minimum absolute atomic E-state index is 0.882. The first kappa shape index (κ1) is 11.9. The van der Waals surface area contributed by atoms with E-state index in [2.05, 4.69) is 32.0 Å². The van der Waals surface area contributed by atoms with Crippen LogP contribution in [0.15, 0.2) is 29.5 Å². The summed E-state index contributed by atoms with van der Waals surface area (Å²) in [5, 5.41) is 9.84. The van der Waals surface area contributed by atoms with Crippen molar-refractivity contribution in [1.29, 1.82) is 0 Å². The van der Waals surface area contributed by atoms with Crippen molar-refractivity contribution < 1.29 is 0 Å². The van der Waals surface area contributed by atoms with Gasteiger partial charge < -0.3 is 16.0 Å². The molecule has 3 N–H and O–H groups in total. The normalized spacial score (nSPS) is 14.2. The van der Waals surface area contributed by atoms with Crippen molar-refractivity contribution in [3.8, 4) is 0 Å². The number of rotatable bonds is 6. The van der Waals surface area contributed by atoms with E-state index in [1.165, 1.54) is 5.56 Å². The van der Waals surface area contributed by atoms with Crippen molar-refractivity contribution in [3.63, 3.8) is 0 Å². The first-order chi connectivity index (χ1) is 8.45. The summed E-state index contributed by atoms with van der Waals surface area (Å²) in [4.78, 5) is 8.34. The van der Waals surface area contributed by atoms with Crippen LogP contribution in [0.3, 0.4) is 0 Å². The van der Waals surface area contributed by atoms with Gasteiger partial charge in [0.2, 0.25) is 0 Å². The van der Waals surface area contributed by atoms with Crippen LogP contribution in [0.25, 0.3) is 0 Å². The second kappa shape index (κ2) is 6.85. The highest BCUT2D eigenvalue weighted by Crippen LogP contribution is 1.93. The SMILES string of the molecule is c1cncc(CNCCCNC2=NCCN2)c1. The van der Waals surface area contributed by atoms with Crippen LogP contribution in [0.1, 0.15) is 12.0 Å². The molecule has 0 unspecified atom stereocenters. The van der Waals surface area contributed by atoms with Gasteiger partial charge in [-0.15, -0.1) is 0 Å². The zero-order valence-electron chi connectivity index (χ0n) is 9.95. The van der Waals surface area contributed by atoms with E-state index < -0.39 is 0 Å². The lowest BCUT2D eigenvalue weighted by molar-refractivity contribution is 0.637. The first-order valence-electron chi connectivity index (χ1n) is 6.07. The van der Waals surface area contributed by atoms with E-state index in [4.69, 9.17) is 0 Å². The van der Waals surface area contributed by atoms with E-state index in [0.717, 1.165) is 45.1 Å². The number of pyridine rings is 1. The molecule has 17 heavy (non-hydrogen) atoms. The molecule has 1 aromatic heterocycles. The molecule has 0 aliphatic carbocycles. The van der Waals surface area contributed by atoms with Gasteiger partial charge >= 0.3 is 0 Å². The largest absolute Gasteiger partial charge is 0.356 e. The lowest BCUT2D eigenvalue weighted by Crippen LogP contribution is -2.35. The van der Waals surface area contributed by atoms with Crippen LogP contribution in [-0.4, -0.2) is 37.1 Å². The molecule has 0 amide bonds. The van der Waals surface area contributed by atoms with Crippen LogP contribution < -0.4 is 16.0 Å². The van der Waals surface area contributed by atoms with Crippen molar-refractivity contribution in [2.75, 3.05) is 26.2 Å². The van der Waals surface area contributed by atoms with Gasteiger partial charge in [0.15, 0.2) is 5.96 Å². The monoisotopic (exact) mass is 233 g/mol. The maximum absolute atomic E-state index is 4.27. The van der Waals surface area contributed by atoms with Crippen LogP contribution in [0.2, 0.25) is 0 Å². The van der Waals surface area contributed by atoms with Crippen LogP contribution in [-0.2, 0) is 6.54 Å². The Morgan fingerprint density at radius 3 is 3.12 bits per heavy atom. The van der Waals surface area contributed by atoms with E-state index >= 15 is 0 Å². The molecule has 1 aliphatic rings. The Morgan fingerprint density at radius 1 is 1.35 bits per heavy atom. The minimum Gasteiger partial charge on any atom is -0.356 e. The molecule has 5 heteroatoms. The van der Waals surface area contributed by atoms with Gasteiger partial charge in [0.1, 0.15) is 0 Å². The van der Waals surface area contributed by atoms with Gasteiger partial charge in [-0.1, -0.05) is 6.07 Å². The molecule has 0 saturated heterocycles. The number of hydrogen-bond donors (Lipinski definition) is 3. The van der Waals surface area contributed by atoms with E-state index in [0.29, 0.717) is 0 Å². The number of aliphatic imine (C=N–C) groups is 1. The van der Waals surface area contributed by atoms with Crippen LogP contribution in [0.4, 0.5) is 0 Å². The van der Waals surface area contributed by atoms with Crippen molar-refractivity contribution in [3.05, 3.63) is 30.1 Å². The van der Waals surface area contributed by atoms with Crippen molar-refractivity contribution in [1.82, 2.24) is 20.9 Å². The molecular formula is C12H19N5. The lowest BCUT2D eigenvalue weighted by atomic mass is 10.3. The lowest BCUT2D eigenvalue weighted by Gasteiger charge is -2.07. The van der Waals surface area contributed by atoms with Gasteiger partial charge in [-0.25, -0.2) is 0 Å². The predicted molar refractivity (Wildman–Crippen MR) is 68.9 cm³/mol. The highest BCUT2D eigenvalue weighted by molar-refractivity contribution is 5.81. The Bertz CT molecular complexity index is 349. The summed E-state index contributed by atoms with van der Waals surface area (Å²) < 4.78 is 0. The molecule has 0 atom stereocenters. The molecule has 1 aliphatic heterocycles. The van der Waals surface area contributed by atoms with E-state index in [1.807, 2.05) is 12.3 Å². The Balaban J connectivity index is 1.49. The summed E-state index contributed by atoms with van der Waals surface area (Å²) in [6.45, 7) is 4.68. The summed E-state index contributed by atoms with van der Waals surface area (Å²) in [5.74, 6) is 0.942. The van der Waals surface area contributed by atoms with Crippen molar-refractivity contribution in [2.24, 2.45) is 4.99 Å². The average molecular weight is 233 g/mol. The number of guanidine groups is 1. The molecule has 1 aromatic rings. The summed E-state index contributed by atoms with van der Waals surface area (Å²) in [5.41, 5.74) is 1.22. The zero-order valence-corrected chi connectivity index (χ0v) is 9.95. The van der Waals surface area contributed by atoms with Crippen LogP contribution >= 0.6 is 0 Å². The Labute approximate surface area is 102 Å². The van der Waals surface area contributed by atoms with Gasteiger partial charge in [0.05, 0.1) is 6.54 Å². The topological polar surface area (TPSA) is 61.3 Å². The molecule has 0 spiro atoms. The number of aromatic nitrogens is 1. The molecule has 92 valence electrons. The summed E-state index contributed by atoms with van der Waals surface area (Å²) in [6, 6.07) is 4.04. The molecule has 0 fully saturated rings. The van der Waals surface area contributed by atoms with Gasteiger partial charge in [0, 0.05) is 32.0 Å².